The second kappa shape index (κ2) is 7.18. The molecular formula is C14H20N6O4. The zero-order valence-corrected chi connectivity index (χ0v) is 13.4. The molecule has 10 nitrogen and oxygen atoms in total. The quantitative estimate of drug-likeness (QED) is 0.480. The molecule has 2 fully saturated rings. The third kappa shape index (κ3) is 3.22. The number of hydrogen-bond donors (Lipinski definition) is 1. The van der Waals surface area contributed by atoms with Gasteiger partial charge in [0, 0.05) is 36.2 Å². The van der Waals surface area contributed by atoms with Crippen molar-refractivity contribution in [2.75, 3.05) is 37.8 Å². The lowest BCUT2D eigenvalue weighted by Gasteiger charge is -2.29. The maximum atomic E-state index is 12.4. The van der Waals surface area contributed by atoms with Gasteiger partial charge in [-0.15, -0.1) is 0 Å². The van der Waals surface area contributed by atoms with Gasteiger partial charge in [-0.2, -0.15) is 4.98 Å². The monoisotopic (exact) mass is 336 g/mol. The molecule has 2 aliphatic heterocycles. The van der Waals surface area contributed by atoms with Gasteiger partial charge in [-0.3, -0.25) is 4.57 Å². The van der Waals surface area contributed by atoms with Crippen molar-refractivity contribution in [3.8, 4) is 0 Å². The van der Waals surface area contributed by atoms with Crippen molar-refractivity contribution >= 4 is 5.82 Å². The standard InChI is InChI=1S/C14H20N6O4/c1-9-7-20(12-6-10(17-18-15)11(8-21)24-12)14(22)16-13(9)19-2-4-23-5-3-19/h7,10-12,21H,2-6,8H2,1H3/t10-,11-,12+/m1/s1. The van der Waals surface area contributed by atoms with Gasteiger partial charge in [0.05, 0.1) is 32.0 Å². The minimum Gasteiger partial charge on any atom is -0.394 e. The molecule has 1 aromatic heterocycles. The fourth-order valence-electron chi connectivity index (χ4n) is 3.10. The summed E-state index contributed by atoms with van der Waals surface area (Å²) in [4.78, 5) is 21.4. The van der Waals surface area contributed by atoms with Gasteiger partial charge in [-0.1, -0.05) is 5.11 Å². The van der Waals surface area contributed by atoms with Crippen molar-refractivity contribution in [2.24, 2.45) is 5.11 Å². The fraction of sp³-hybridized carbons (Fsp3) is 0.714. The van der Waals surface area contributed by atoms with Crippen LogP contribution in [0.15, 0.2) is 16.1 Å². The summed E-state index contributed by atoms with van der Waals surface area (Å²) in [6.45, 7) is 4.24. The molecule has 1 aromatic rings. The fourth-order valence-corrected chi connectivity index (χ4v) is 3.10. The second-order valence-electron chi connectivity index (χ2n) is 5.86. The van der Waals surface area contributed by atoms with Crippen LogP contribution in [0, 0.1) is 6.92 Å². The van der Waals surface area contributed by atoms with Crippen molar-refractivity contribution in [2.45, 2.75) is 31.7 Å². The van der Waals surface area contributed by atoms with E-state index in [2.05, 4.69) is 15.0 Å². The maximum absolute atomic E-state index is 12.4. The smallest absolute Gasteiger partial charge is 0.351 e. The molecule has 1 N–H and O–H groups in total. The molecule has 130 valence electrons. The van der Waals surface area contributed by atoms with E-state index in [0.29, 0.717) is 38.5 Å². The van der Waals surface area contributed by atoms with E-state index in [1.165, 1.54) is 4.57 Å². The van der Waals surface area contributed by atoms with Crippen molar-refractivity contribution < 1.29 is 14.6 Å². The Labute approximate surface area is 138 Å². The molecule has 2 saturated heterocycles. The van der Waals surface area contributed by atoms with Gasteiger partial charge in [0.1, 0.15) is 12.0 Å². The Kier molecular flexibility index (Phi) is 5.00. The number of anilines is 1. The van der Waals surface area contributed by atoms with Crippen LogP contribution in [0.2, 0.25) is 0 Å². The lowest BCUT2D eigenvalue weighted by atomic mass is 10.1. The highest BCUT2D eigenvalue weighted by Crippen LogP contribution is 2.30. The van der Waals surface area contributed by atoms with E-state index in [9.17, 15) is 9.90 Å². The molecule has 0 amide bonds. The molecule has 0 saturated carbocycles. The SMILES string of the molecule is Cc1cn([C@@H]2C[C@@H](N=[N+]=[N-])[C@@H](CO)O2)c(=O)nc1N1CCOCC1. The topological polar surface area (TPSA) is 126 Å². The highest BCUT2D eigenvalue weighted by Gasteiger charge is 2.36. The van der Waals surface area contributed by atoms with Crippen LogP contribution in [0.1, 0.15) is 18.2 Å². The number of aliphatic hydroxyl groups is 1. The minimum atomic E-state index is -0.614. The first kappa shape index (κ1) is 16.7. The largest absolute Gasteiger partial charge is 0.394 e. The summed E-state index contributed by atoms with van der Waals surface area (Å²) >= 11 is 0. The number of aromatic nitrogens is 2. The highest BCUT2D eigenvalue weighted by atomic mass is 16.5. The normalized spacial score (nSPS) is 27.1. The summed E-state index contributed by atoms with van der Waals surface area (Å²) in [5.41, 5.74) is 9.03. The van der Waals surface area contributed by atoms with E-state index < -0.39 is 24.1 Å². The molecule has 3 heterocycles. The van der Waals surface area contributed by atoms with Crippen LogP contribution in [-0.4, -0.2) is 59.7 Å². The molecule has 24 heavy (non-hydrogen) atoms. The number of rotatable bonds is 4. The lowest BCUT2D eigenvalue weighted by molar-refractivity contribution is -0.0270. The van der Waals surface area contributed by atoms with E-state index in [1.54, 1.807) is 6.20 Å². The van der Waals surface area contributed by atoms with Gasteiger partial charge < -0.3 is 19.5 Å². The molecule has 0 spiro atoms. The number of nitrogens with zero attached hydrogens (tertiary/aromatic N) is 6. The zero-order valence-electron chi connectivity index (χ0n) is 13.4. The van der Waals surface area contributed by atoms with Gasteiger partial charge in [0.25, 0.3) is 0 Å². The third-order valence-electron chi connectivity index (χ3n) is 4.31. The predicted octanol–water partition coefficient (Wildman–Crippen LogP) is 0.347. The Morgan fingerprint density at radius 3 is 2.92 bits per heavy atom. The molecule has 3 atom stereocenters. The average Bonchev–Trinajstić information content (AvgIpc) is 3.00. The summed E-state index contributed by atoms with van der Waals surface area (Å²) in [6.07, 6.45) is 0.817. The predicted molar refractivity (Wildman–Crippen MR) is 84.8 cm³/mol. The Balaban J connectivity index is 1.86. The summed E-state index contributed by atoms with van der Waals surface area (Å²) in [6, 6.07) is -0.504. The molecule has 0 radical (unpaired) electrons. The van der Waals surface area contributed by atoms with Crippen LogP contribution in [0.3, 0.4) is 0 Å². The number of hydrogen-bond acceptors (Lipinski definition) is 7. The molecule has 0 aromatic carbocycles. The first-order valence-electron chi connectivity index (χ1n) is 7.87. The van der Waals surface area contributed by atoms with Gasteiger partial charge in [0.2, 0.25) is 0 Å². The first-order valence-corrected chi connectivity index (χ1v) is 7.87. The van der Waals surface area contributed by atoms with E-state index in [0.717, 1.165) is 5.56 Å². The van der Waals surface area contributed by atoms with Crippen molar-refractivity contribution in [1.29, 1.82) is 0 Å². The average molecular weight is 336 g/mol. The lowest BCUT2D eigenvalue weighted by Crippen LogP contribution is -2.39. The van der Waals surface area contributed by atoms with Crippen LogP contribution >= 0.6 is 0 Å². The molecular weight excluding hydrogens is 316 g/mol. The second-order valence-corrected chi connectivity index (χ2v) is 5.86. The van der Waals surface area contributed by atoms with Crippen LogP contribution in [-0.2, 0) is 9.47 Å². The maximum Gasteiger partial charge on any atom is 0.351 e. The number of ether oxygens (including phenoxy) is 2. The van der Waals surface area contributed by atoms with Gasteiger partial charge in [-0.05, 0) is 12.5 Å². The first-order chi connectivity index (χ1) is 11.6. The van der Waals surface area contributed by atoms with Gasteiger partial charge >= 0.3 is 5.69 Å². The van der Waals surface area contributed by atoms with E-state index in [4.69, 9.17) is 15.0 Å². The summed E-state index contributed by atoms with van der Waals surface area (Å²) in [5, 5.41) is 13.0. The van der Waals surface area contributed by atoms with Crippen LogP contribution in [0.5, 0.6) is 0 Å². The molecule has 2 aliphatic rings. The molecule has 0 bridgehead atoms. The van der Waals surface area contributed by atoms with Crippen LogP contribution in [0.4, 0.5) is 5.82 Å². The van der Waals surface area contributed by atoms with Gasteiger partial charge in [-0.25, -0.2) is 4.79 Å². The summed E-state index contributed by atoms with van der Waals surface area (Å²) < 4.78 is 12.4. The number of aryl methyl sites for hydroxylation is 1. The molecule has 3 rings (SSSR count). The van der Waals surface area contributed by atoms with E-state index >= 15 is 0 Å². The van der Waals surface area contributed by atoms with Crippen LogP contribution in [0.25, 0.3) is 10.4 Å². The van der Waals surface area contributed by atoms with Crippen molar-refractivity contribution in [1.82, 2.24) is 9.55 Å². The Hall–Kier alpha value is -2.13. The molecule has 0 aliphatic carbocycles. The number of aliphatic hydroxyl groups excluding tert-OH is 1. The highest BCUT2D eigenvalue weighted by molar-refractivity contribution is 5.45. The number of azide groups is 1. The van der Waals surface area contributed by atoms with Crippen molar-refractivity contribution in [3.05, 3.63) is 32.7 Å². The Bertz CT molecular complexity index is 695. The van der Waals surface area contributed by atoms with Crippen molar-refractivity contribution in [3.63, 3.8) is 0 Å². The minimum absolute atomic E-state index is 0.271. The molecule has 0 unspecified atom stereocenters. The summed E-state index contributed by atoms with van der Waals surface area (Å²) in [7, 11) is 0. The van der Waals surface area contributed by atoms with Gasteiger partial charge in [0.15, 0.2) is 0 Å². The third-order valence-corrected chi connectivity index (χ3v) is 4.31. The Morgan fingerprint density at radius 1 is 1.50 bits per heavy atom. The Morgan fingerprint density at radius 2 is 2.25 bits per heavy atom. The van der Waals surface area contributed by atoms with E-state index in [-0.39, 0.29) is 6.61 Å². The van der Waals surface area contributed by atoms with E-state index in [1.807, 2.05) is 11.8 Å². The van der Waals surface area contributed by atoms with Crippen LogP contribution < -0.4 is 10.6 Å². The molecule has 10 heteroatoms. The summed E-state index contributed by atoms with van der Waals surface area (Å²) in [5.74, 6) is 0.655. The zero-order chi connectivity index (χ0) is 17.1. The number of morpholine rings is 1.